The smallest absolute Gasteiger partial charge is 0.276 e. The number of carbonyl (C=O) groups excluding carboxylic acids is 1. The zero-order valence-electron chi connectivity index (χ0n) is 10.1. The number of hydrogen-bond acceptors (Lipinski definition) is 4. The van der Waals surface area contributed by atoms with Crippen molar-refractivity contribution in [3.63, 3.8) is 0 Å². The van der Waals surface area contributed by atoms with Gasteiger partial charge in [0.15, 0.2) is 0 Å². The van der Waals surface area contributed by atoms with Gasteiger partial charge in [0, 0.05) is 26.0 Å². The molecule has 2 N–H and O–H groups in total. The average molecular weight is 242 g/mol. The number of rotatable bonds is 3. The molecule has 2 aromatic heterocycles. The maximum atomic E-state index is 12.2. The second-order valence-corrected chi connectivity index (χ2v) is 3.83. The van der Waals surface area contributed by atoms with E-state index in [0.29, 0.717) is 12.2 Å². The van der Waals surface area contributed by atoms with E-state index in [1.54, 1.807) is 43.8 Å². The second kappa shape index (κ2) is 5.37. The minimum atomic E-state index is -0.182. The SMILES string of the molecule is CN(C(=O)c1cc(CN)ccn1)c1cccnc1. The first-order valence-electron chi connectivity index (χ1n) is 5.55. The van der Waals surface area contributed by atoms with Gasteiger partial charge in [-0.2, -0.15) is 0 Å². The van der Waals surface area contributed by atoms with Gasteiger partial charge in [-0.05, 0) is 29.8 Å². The van der Waals surface area contributed by atoms with Crippen LogP contribution in [0.1, 0.15) is 16.1 Å². The molecule has 0 aliphatic carbocycles. The number of aromatic nitrogens is 2. The molecule has 0 spiro atoms. The molecule has 1 amide bonds. The van der Waals surface area contributed by atoms with Crippen LogP contribution in [0.15, 0.2) is 42.9 Å². The molecule has 2 aromatic rings. The summed E-state index contributed by atoms with van der Waals surface area (Å²) in [6, 6.07) is 7.09. The molecule has 0 saturated heterocycles. The molecule has 0 saturated carbocycles. The summed E-state index contributed by atoms with van der Waals surface area (Å²) >= 11 is 0. The summed E-state index contributed by atoms with van der Waals surface area (Å²) in [4.78, 5) is 21.8. The molecule has 0 unspecified atom stereocenters. The molecular formula is C13H14N4O. The lowest BCUT2D eigenvalue weighted by Crippen LogP contribution is -2.27. The molecule has 0 aliphatic heterocycles. The highest BCUT2D eigenvalue weighted by Crippen LogP contribution is 2.13. The molecule has 5 heteroatoms. The van der Waals surface area contributed by atoms with Gasteiger partial charge in [-0.15, -0.1) is 0 Å². The van der Waals surface area contributed by atoms with Gasteiger partial charge in [0.2, 0.25) is 0 Å². The van der Waals surface area contributed by atoms with E-state index in [4.69, 9.17) is 5.73 Å². The molecule has 0 bridgehead atoms. The van der Waals surface area contributed by atoms with E-state index in [1.807, 2.05) is 6.07 Å². The Morgan fingerprint density at radius 2 is 2.22 bits per heavy atom. The fourth-order valence-electron chi connectivity index (χ4n) is 1.56. The van der Waals surface area contributed by atoms with E-state index in [1.165, 1.54) is 4.90 Å². The fourth-order valence-corrected chi connectivity index (χ4v) is 1.56. The van der Waals surface area contributed by atoms with Gasteiger partial charge in [-0.3, -0.25) is 14.8 Å². The molecule has 2 rings (SSSR count). The van der Waals surface area contributed by atoms with Crippen LogP contribution in [0, 0.1) is 0 Å². The second-order valence-electron chi connectivity index (χ2n) is 3.83. The van der Waals surface area contributed by atoms with E-state index in [9.17, 15) is 4.79 Å². The van der Waals surface area contributed by atoms with Crippen LogP contribution in [0.4, 0.5) is 5.69 Å². The van der Waals surface area contributed by atoms with Crippen LogP contribution in [-0.4, -0.2) is 22.9 Å². The Morgan fingerprint density at radius 3 is 2.89 bits per heavy atom. The molecule has 0 aromatic carbocycles. The Kier molecular flexibility index (Phi) is 3.64. The number of pyridine rings is 2. The molecule has 0 atom stereocenters. The molecular weight excluding hydrogens is 228 g/mol. The summed E-state index contributed by atoms with van der Waals surface area (Å²) in [6.07, 6.45) is 4.88. The molecule has 5 nitrogen and oxygen atoms in total. The van der Waals surface area contributed by atoms with Crippen LogP contribution in [-0.2, 0) is 6.54 Å². The zero-order chi connectivity index (χ0) is 13.0. The summed E-state index contributed by atoms with van der Waals surface area (Å²) in [5.74, 6) is -0.182. The molecule has 18 heavy (non-hydrogen) atoms. The van der Waals surface area contributed by atoms with E-state index in [0.717, 1.165) is 11.3 Å². The van der Waals surface area contributed by atoms with Crippen molar-refractivity contribution in [1.82, 2.24) is 9.97 Å². The van der Waals surface area contributed by atoms with Gasteiger partial charge >= 0.3 is 0 Å². The van der Waals surface area contributed by atoms with Crippen molar-refractivity contribution in [2.24, 2.45) is 5.73 Å². The quantitative estimate of drug-likeness (QED) is 0.878. The number of hydrogen-bond donors (Lipinski definition) is 1. The number of carbonyl (C=O) groups is 1. The first kappa shape index (κ1) is 12.2. The van der Waals surface area contributed by atoms with Crippen LogP contribution in [0.25, 0.3) is 0 Å². The predicted molar refractivity (Wildman–Crippen MR) is 69.1 cm³/mol. The van der Waals surface area contributed by atoms with Gasteiger partial charge in [0.05, 0.1) is 11.9 Å². The number of nitrogens with zero attached hydrogens (tertiary/aromatic N) is 3. The minimum absolute atomic E-state index is 0.182. The third-order valence-electron chi connectivity index (χ3n) is 2.62. The summed E-state index contributed by atoms with van der Waals surface area (Å²) in [7, 11) is 1.69. The summed E-state index contributed by atoms with van der Waals surface area (Å²) in [6.45, 7) is 0.388. The lowest BCUT2D eigenvalue weighted by molar-refractivity contribution is 0.0988. The van der Waals surface area contributed by atoms with E-state index in [-0.39, 0.29) is 5.91 Å². The monoisotopic (exact) mass is 242 g/mol. The summed E-state index contributed by atoms with van der Waals surface area (Å²) in [5, 5.41) is 0. The third-order valence-corrected chi connectivity index (χ3v) is 2.62. The maximum absolute atomic E-state index is 12.2. The van der Waals surface area contributed by atoms with Crippen LogP contribution in [0.5, 0.6) is 0 Å². The largest absolute Gasteiger partial charge is 0.326 e. The Hall–Kier alpha value is -2.27. The molecule has 0 radical (unpaired) electrons. The molecule has 2 heterocycles. The highest BCUT2D eigenvalue weighted by Gasteiger charge is 2.14. The number of nitrogens with two attached hydrogens (primary N) is 1. The van der Waals surface area contributed by atoms with Crippen molar-refractivity contribution in [2.75, 3.05) is 11.9 Å². The Morgan fingerprint density at radius 1 is 1.39 bits per heavy atom. The standard InChI is InChI=1S/C13H14N4O/c1-17(11-3-2-5-15-9-11)13(18)12-7-10(8-14)4-6-16-12/h2-7,9H,8,14H2,1H3. The highest BCUT2D eigenvalue weighted by atomic mass is 16.2. The Balaban J connectivity index is 2.25. The highest BCUT2D eigenvalue weighted by molar-refractivity contribution is 6.04. The lowest BCUT2D eigenvalue weighted by atomic mass is 10.2. The summed E-state index contributed by atoms with van der Waals surface area (Å²) < 4.78 is 0. The van der Waals surface area contributed by atoms with Crippen LogP contribution >= 0.6 is 0 Å². The average Bonchev–Trinajstić information content (AvgIpc) is 2.46. The molecule has 92 valence electrons. The fraction of sp³-hybridized carbons (Fsp3) is 0.154. The molecule has 0 aliphatic rings. The first-order valence-corrected chi connectivity index (χ1v) is 5.55. The predicted octanol–water partition coefficient (Wildman–Crippen LogP) is 1.21. The number of anilines is 1. The maximum Gasteiger partial charge on any atom is 0.276 e. The topological polar surface area (TPSA) is 72.1 Å². The van der Waals surface area contributed by atoms with Gasteiger partial charge in [-0.25, -0.2) is 0 Å². The zero-order valence-corrected chi connectivity index (χ0v) is 10.1. The number of amides is 1. The Bertz CT molecular complexity index is 542. The van der Waals surface area contributed by atoms with Crippen LogP contribution < -0.4 is 10.6 Å². The van der Waals surface area contributed by atoms with Crippen molar-refractivity contribution in [2.45, 2.75) is 6.54 Å². The first-order chi connectivity index (χ1) is 8.72. The van der Waals surface area contributed by atoms with Crippen molar-refractivity contribution >= 4 is 11.6 Å². The molecule has 0 fully saturated rings. The van der Waals surface area contributed by atoms with Gasteiger partial charge in [-0.1, -0.05) is 0 Å². The minimum Gasteiger partial charge on any atom is -0.326 e. The van der Waals surface area contributed by atoms with Gasteiger partial charge in [0.1, 0.15) is 5.69 Å². The van der Waals surface area contributed by atoms with Crippen LogP contribution in [0.2, 0.25) is 0 Å². The van der Waals surface area contributed by atoms with Gasteiger partial charge in [0.25, 0.3) is 5.91 Å². The van der Waals surface area contributed by atoms with Crippen molar-refractivity contribution in [3.8, 4) is 0 Å². The van der Waals surface area contributed by atoms with Gasteiger partial charge < -0.3 is 10.6 Å². The summed E-state index contributed by atoms with van der Waals surface area (Å²) in [5.41, 5.74) is 7.53. The lowest BCUT2D eigenvalue weighted by Gasteiger charge is -2.16. The van der Waals surface area contributed by atoms with Crippen molar-refractivity contribution in [3.05, 3.63) is 54.1 Å². The normalized spacial score (nSPS) is 10.1. The third kappa shape index (κ3) is 2.52. The van der Waals surface area contributed by atoms with E-state index in [2.05, 4.69) is 9.97 Å². The van der Waals surface area contributed by atoms with Crippen molar-refractivity contribution < 1.29 is 4.79 Å². The van der Waals surface area contributed by atoms with Crippen molar-refractivity contribution in [1.29, 1.82) is 0 Å². The van der Waals surface area contributed by atoms with E-state index >= 15 is 0 Å². The van der Waals surface area contributed by atoms with Crippen LogP contribution in [0.3, 0.4) is 0 Å². The van der Waals surface area contributed by atoms with E-state index < -0.39 is 0 Å². The Labute approximate surface area is 105 Å².